The summed E-state index contributed by atoms with van der Waals surface area (Å²) in [5.41, 5.74) is 1.23. The molecule has 0 aliphatic carbocycles. The first kappa shape index (κ1) is 14.3. The number of ether oxygens (including phenoxy) is 1. The normalized spacial score (nSPS) is 11.3. The fourth-order valence-corrected chi connectivity index (χ4v) is 2.83. The molecule has 5 nitrogen and oxygen atoms in total. The van der Waals surface area contributed by atoms with Crippen molar-refractivity contribution in [3.63, 3.8) is 0 Å². The van der Waals surface area contributed by atoms with Crippen LogP contribution in [0, 0.1) is 0 Å². The number of imidazole rings is 1. The fraction of sp³-hybridized carbons (Fsp3) is 0.615. The number of rotatable bonds is 8. The van der Waals surface area contributed by atoms with Gasteiger partial charge in [0.05, 0.1) is 12.3 Å². The van der Waals surface area contributed by atoms with Gasteiger partial charge in [-0.2, -0.15) is 0 Å². The van der Waals surface area contributed by atoms with E-state index < -0.39 is 0 Å². The maximum Gasteiger partial charge on any atom is 0.195 e. The van der Waals surface area contributed by atoms with Crippen LogP contribution < -0.4 is 10.2 Å². The zero-order valence-corrected chi connectivity index (χ0v) is 12.7. The average Bonchev–Trinajstić information content (AvgIpc) is 2.99. The van der Waals surface area contributed by atoms with Crippen LogP contribution >= 0.6 is 11.3 Å². The molecule has 2 rings (SSSR count). The van der Waals surface area contributed by atoms with Crippen LogP contribution in [0.2, 0.25) is 0 Å². The molecule has 0 aliphatic rings. The van der Waals surface area contributed by atoms with E-state index in [4.69, 9.17) is 9.72 Å². The second-order valence-electron chi connectivity index (χ2n) is 4.29. The van der Waals surface area contributed by atoms with Crippen LogP contribution in [0.4, 0.5) is 5.82 Å². The Morgan fingerprint density at radius 1 is 1.47 bits per heavy atom. The highest BCUT2D eigenvalue weighted by molar-refractivity contribution is 7.15. The Bertz CT molecular complexity index is 508. The van der Waals surface area contributed by atoms with Gasteiger partial charge in [-0.1, -0.05) is 6.92 Å². The molecule has 19 heavy (non-hydrogen) atoms. The largest absolute Gasteiger partial charge is 0.383 e. The summed E-state index contributed by atoms with van der Waals surface area (Å²) in [7, 11) is 1.74. The maximum atomic E-state index is 5.18. The molecule has 0 aromatic carbocycles. The standard InChI is InChI=1S/C13H22N4OS/c1-4-14-10-11-12(16(5-2)6-8-18-3)15-13-17(11)7-9-19-13/h7,9,14H,4-6,8,10H2,1-3H3. The molecule has 0 fully saturated rings. The van der Waals surface area contributed by atoms with Crippen molar-refractivity contribution in [2.45, 2.75) is 20.4 Å². The van der Waals surface area contributed by atoms with E-state index >= 15 is 0 Å². The average molecular weight is 282 g/mol. The van der Waals surface area contributed by atoms with Crippen LogP contribution in [0.25, 0.3) is 4.96 Å². The van der Waals surface area contributed by atoms with Crippen molar-refractivity contribution in [3.8, 4) is 0 Å². The molecule has 0 saturated carbocycles. The summed E-state index contributed by atoms with van der Waals surface area (Å²) in [6.07, 6.45) is 2.09. The van der Waals surface area contributed by atoms with Crippen LogP contribution in [0.15, 0.2) is 11.6 Å². The quantitative estimate of drug-likeness (QED) is 0.804. The van der Waals surface area contributed by atoms with Crippen LogP contribution in [0.3, 0.4) is 0 Å². The van der Waals surface area contributed by atoms with E-state index in [9.17, 15) is 0 Å². The molecular formula is C13H22N4OS. The third-order valence-electron chi connectivity index (χ3n) is 3.13. The van der Waals surface area contributed by atoms with Gasteiger partial charge in [-0.3, -0.25) is 4.40 Å². The molecule has 0 aliphatic heterocycles. The Morgan fingerprint density at radius 2 is 2.32 bits per heavy atom. The van der Waals surface area contributed by atoms with Gasteiger partial charge in [0.15, 0.2) is 10.8 Å². The van der Waals surface area contributed by atoms with Gasteiger partial charge in [-0.25, -0.2) is 4.98 Å². The molecule has 0 saturated heterocycles. The van der Waals surface area contributed by atoms with Crippen molar-refractivity contribution in [1.29, 1.82) is 0 Å². The van der Waals surface area contributed by atoms with Crippen LogP contribution in [-0.4, -0.2) is 42.7 Å². The molecule has 6 heteroatoms. The Morgan fingerprint density at radius 3 is 3.00 bits per heavy atom. The minimum Gasteiger partial charge on any atom is -0.383 e. The van der Waals surface area contributed by atoms with Gasteiger partial charge < -0.3 is 15.0 Å². The summed E-state index contributed by atoms with van der Waals surface area (Å²) in [5, 5.41) is 5.47. The number of hydrogen-bond donors (Lipinski definition) is 1. The Kier molecular flexibility index (Phi) is 5.18. The van der Waals surface area contributed by atoms with Gasteiger partial charge >= 0.3 is 0 Å². The third-order valence-corrected chi connectivity index (χ3v) is 3.89. The molecule has 1 N–H and O–H groups in total. The molecule has 106 valence electrons. The number of hydrogen-bond acceptors (Lipinski definition) is 5. The number of nitrogens with zero attached hydrogens (tertiary/aromatic N) is 3. The minimum absolute atomic E-state index is 0.722. The van der Waals surface area contributed by atoms with Gasteiger partial charge in [-0.15, -0.1) is 11.3 Å². The first-order chi connectivity index (χ1) is 9.31. The molecule has 0 atom stereocenters. The molecule has 2 aromatic heterocycles. The van der Waals surface area contributed by atoms with Crippen molar-refractivity contribution in [2.75, 3.05) is 38.3 Å². The fourth-order valence-electron chi connectivity index (χ4n) is 2.10. The van der Waals surface area contributed by atoms with Gasteiger partial charge in [0.25, 0.3) is 0 Å². The van der Waals surface area contributed by atoms with Crippen LogP contribution in [0.1, 0.15) is 19.5 Å². The summed E-state index contributed by atoms with van der Waals surface area (Å²) < 4.78 is 7.36. The van der Waals surface area contributed by atoms with E-state index in [-0.39, 0.29) is 0 Å². The van der Waals surface area contributed by atoms with Gasteiger partial charge in [0.2, 0.25) is 0 Å². The lowest BCUT2D eigenvalue weighted by Crippen LogP contribution is -2.29. The number of thiazole rings is 1. The predicted octanol–water partition coefficient (Wildman–Crippen LogP) is 1.98. The summed E-state index contributed by atoms with van der Waals surface area (Å²) in [4.78, 5) is 8.09. The van der Waals surface area contributed by atoms with Crippen LogP contribution in [-0.2, 0) is 11.3 Å². The zero-order chi connectivity index (χ0) is 13.7. The highest BCUT2D eigenvalue weighted by Gasteiger charge is 2.17. The molecule has 0 amide bonds. The second-order valence-corrected chi connectivity index (χ2v) is 5.16. The summed E-state index contributed by atoms with van der Waals surface area (Å²) in [5.74, 6) is 1.08. The molecule has 0 bridgehead atoms. The van der Waals surface area contributed by atoms with E-state index in [0.717, 1.165) is 43.6 Å². The number of methoxy groups -OCH3 is 1. The molecule has 2 aromatic rings. The van der Waals surface area contributed by atoms with E-state index in [2.05, 4.69) is 40.0 Å². The summed E-state index contributed by atoms with van der Waals surface area (Å²) in [6.45, 7) is 8.60. The molecule has 0 spiro atoms. The Hall–Kier alpha value is -1.11. The van der Waals surface area contributed by atoms with E-state index in [0.29, 0.717) is 0 Å². The lowest BCUT2D eigenvalue weighted by molar-refractivity contribution is 0.205. The number of anilines is 1. The van der Waals surface area contributed by atoms with Crippen molar-refractivity contribution in [3.05, 3.63) is 17.3 Å². The monoisotopic (exact) mass is 282 g/mol. The Labute approximate surface area is 118 Å². The van der Waals surface area contributed by atoms with Crippen LogP contribution in [0.5, 0.6) is 0 Å². The predicted molar refractivity (Wildman–Crippen MR) is 80.2 cm³/mol. The smallest absolute Gasteiger partial charge is 0.195 e. The van der Waals surface area contributed by atoms with E-state index in [1.165, 1.54) is 5.69 Å². The SMILES string of the molecule is CCNCc1c(N(CC)CCOC)nc2sccn12. The molecule has 0 unspecified atom stereocenters. The lowest BCUT2D eigenvalue weighted by Gasteiger charge is -2.21. The van der Waals surface area contributed by atoms with Gasteiger partial charge in [-0.05, 0) is 13.5 Å². The van der Waals surface area contributed by atoms with Crippen molar-refractivity contribution in [2.24, 2.45) is 0 Å². The zero-order valence-electron chi connectivity index (χ0n) is 11.8. The van der Waals surface area contributed by atoms with Crippen molar-refractivity contribution >= 4 is 22.1 Å². The number of nitrogens with one attached hydrogen (secondary N) is 1. The number of fused-ring (bicyclic) bond motifs is 1. The summed E-state index contributed by atoms with van der Waals surface area (Å²) >= 11 is 1.67. The van der Waals surface area contributed by atoms with Gasteiger partial charge in [0.1, 0.15) is 0 Å². The number of likely N-dealkylation sites (N-methyl/N-ethyl adjacent to an activating group) is 1. The highest BCUT2D eigenvalue weighted by atomic mass is 32.1. The first-order valence-electron chi connectivity index (χ1n) is 6.70. The maximum absolute atomic E-state index is 5.18. The second kappa shape index (κ2) is 6.88. The topological polar surface area (TPSA) is 41.8 Å². The molecule has 0 radical (unpaired) electrons. The minimum atomic E-state index is 0.722. The summed E-state index contributed by atoms with van der Waals surface area (Å²) in [6, 6.07) is 0. The van der Waals surface area contributed by atoms with Crippen molar-refractivity contribution in [1.82, 2.24) is 14.7 Å². The van der Waals surface area contributed by atoms with Crippen molar-refractivity contribution < 1.29 is 4.74 Å². The van der Waals surface area contributed by atoms with E-state index in [1.807, 2.05) is 0 Å². The van der Waals surface area contributed by atoms with E-state index in [1.54, 1.807) is 18.4 Å². The molecular weight excluding hydrogens is 260 g/mol. The first-order valence-corrected chi connectivity index (χ1v) is 7.58. The third kappa shape index (κ3) is 3.08. The number of aromatic nitrogens is 2. The highest BCUT2D eigenvalue weighted by Crippen LogP contribution is 2.24. The van der Waals surface area contributed by atoms with Gasteiger partial charge in [0, 0.05) is 38.3 Å². The molecule has 2 heterocycles. The lowest BCUT2D eigenvalue weighted by atomic mass is 10.3. The Balaban J connectivity index is 2.30.